The summed E-state index contributed by atoms with van der Waals surface area (Å²) in [4.78, 5) is 16.7. The Hall–Kier alpha value is -8.74. The summed E-state index contributed by atoms with van der Waals surface area (Å²) in [6.07, 6.45) is 3.57. The molecule has 6 heteroatoms. The number of fused-ring (bicyclic) bond motifs is 8. The molecule has 1 aliphatic heterocycles. The van der Waals surface area contributed by atoms with Crippen LogP contribution >= 0.6 is 0 Å². The molecule has 0 N–H and O–H groups in total. The Balaban J connectivity index is 1.07. The molecule has 0 fully saturated rings. The zero-order valence-corrected chi connectivity index (χ0v) is 34.7. The first-order chi connectivity index (χ1) is 31.7. The van der Waals surface area contributed by atoms with Crippen molar-refractivity contribution >= 4 is 83.8 Å². The average Bonchev–Trinajstić information content (AvgIpc) is 3.37. The van der Waals surface area contributed by atoms with E-state index in [-0.39, 0.29) is 0 Å². The molecule has 0 bridgehead atoms. The predicted molar refractivity (Wildman–Crippen MR) is 264 cm³/mol. The lowest BCUT2D eigenvalue weighted by Crippen LogP contribution is -2.18. The van der Waals surface area contributed by atoms with Gasteiger partial charge in [0.15, 0.2) is 11.5 Å². The Morgan fingerprint density at radius 2 is 0.781 bits per heavy atom. The topological polar surface area (TPSA) is 44.7 Å². The summed E-state index contributed by atoms with van der Waals surface area (Å²) >= 11 is 0. The Kier molecular flexibility index (Phi) is 9.05. The van der Waals surface area contributed by atoms with Crippen LogP contribution < -0.4 is 19.4 Å². The molecule has 0 spiro atoms. The number of ether oxygens (including phenoxy) is 1. The van der Waals surface area contributed by atoms with E-state index < -0.39 is 0 Å². The largest absolute Gasteiger partial charge is 0.453 e. The van der Waals surface area contributed by atoms with Crippen molar-refractivity contribution < 1.29 is 4.74 Å². The van der Waals surface area contributed by atoms with E-state index in [2.05, 4.69) is 215 Å². The van der Waals surface area contributed by atoms with E-state index in [9.17, 15) is 0 Å². The second-order valence-electron chi connectivity index (χ2n) is 15.9. The predicted octanol–water partition coefficient (Wildman–Crippen LogP) is 16.1. The number of rotatable bonds is 8. The lowest BCUT2D eigenvalue weighted by molar-refractivity contribution is 0.477. The molecule has 1 aromatic heterocycles. The summed E-state index contributed by atoms with van der Waals surface area (Å²) in [5.41, 5.74) is 13.1. The van der Waals surface area contributed by atoms with Gasteiger partial charge in [-0.25, -0.2) is 0 Å². The fraction of sp³-hybridized carbons (Fsp3) is 0. The van der Waals surface area contributed by atoms with Crippen molar-refractivity contribution in [3.05, 3.63) is 237 Å². The summed E-state index contributed by atoms with van der Waals surface area (Å²) in [7, 11) is 0. The standard InChI is InChI=1S/C58H39N5O/c1-6-16-40(17-7-1)41-26-30-49-51-37-46(27-31-50(51)57-58(52(49)36-41)60-35-34-59-57)63-53-32-28-47(61(42-18-8-2-9-19-42)43-20-10-3-11-21-43)38-55(53)64-56-39-48(29-33-54(56)63)62(44-22-12-4-13-23-44)45-24-14-5-15-25-45/h1-39H. The molecule has 1 aliphatic rings. The second-order valence-corrected chi connectivity index (χ2v) is 15.9. The summed E-state index contributed by atoms with van der Waals surface area (Å²) in [6.45, 7) is 0. The van der Waals surface area contributed by atoms with Crippen molar-refractivity contribution in [1.29, 1.82) is 0 Å². The minimum absolute atomic E-state index is 0.742. The zero-order valence-electron chi connectivity index (χ0n) is 34.7. The number of para-hydroxylation sites is 4. The number of nitrogens with zero attached hydrogens (tertiary/aromatic N) is 5. The van der Waals surface area contributed by atoms with Gasteiger partial charge in [-0.3, -0.25) is 9.97 Å². The number of hydrogen-bond donors (Lipinski definition) is 0. The van der Waals surface area contributed by atoms with Crippen LogP contribution in [0.2, 0.25) is 0 Å². The summed E-state index contributed by atoms with van der Waals surface area (Å²) in [5.74, 6) is 1.48. The van der Waals surface area contributed by atoms with Crippen LogP contribution in [-0.4, -0.2) is 9.97 Å². The highest BCUT2D eigenvalue weighted by Gasteiger charge is 2.29. The van der Waals surface area contributed by atoms with Crippen LogP contribution in [-0.2, 0) is 0 Å². The van der Waals surface area contributed by atoms with Gasteiger partial charge in [0.1, 0.15) is 0 Å². The van der Waals surface area contributed by atoms with Crippen molar-refractivity contribution in [1.82, 2.24) is 9.97 Å². The minimum Gasteiger partial charge on any atom is -0.453 e. The molecule has 2 heterocycles. The molecule has 0 saturated heterocycles. The molecule has 0 aliphatic carbocycles. The lowest BCUT2D eigenvalue weighted by atomic mass is 9.95. The maximum Gasteiger partial charge on any atom is 0.153 e. The van der Waals surface area contributed by atoms with E-state index in [1.807, 2.05) is 24.3 Å². The highest BCUT2D eigenvalue weighted by molar-refractivity contribution is 6.24. The molecule has 0 unspecified atom stereocenters. The molecule has 302 valence electrons. The van der Waals surface area contributed by atoms with Gasteiger partial charge in [0.05, 0.1) is 22.4 Å². The third-order valence-electron chi connectivity index (χ3n) is 12.0. The number of aromatic nitrogens is 2. The Morgan fingerprint density at radius 3 is 1.28 bits per heavy atom. The number of benzene rings is 10. The van der Waals surface area contributed by atoms with Crippen molar-refractivity contribution in [3.8, 4) is 22.6 Å². The molecular weight excluding hydrogens is 783 g/mol. The van der Waals surface area contributed by atoms with Crippen LogP contribution in [0.1, 0.15) is 0 Å². The van der Waals surface area contributed by atoms with Gasteiger partial charge in [-0.1, -0.05) is 121 Å². The third kappa shape index (κ3) is 6.44. The Bertz CT molecular complexity index is 3270. The Labute approximate surface area is 371 Å². The molecule has 0 amide bonds. The second kappa shape index (κ2) is 15.6. The fourth-order valence-electron chi connectivity index (χ4n) is 9.16. The molecule has 10 aromatic carbocycles. The fourth-order valence-corrected chi connectivity index (χ4v) is 9.16. The van der Waals surface area contributed by atoms with Crippen LogP contribution in [0.5, 0.6) is 11.5 Å². The van der Waals surface area contributed by atoms with E-state index in [1.54, 1.807) is 12.4 Å². The molecule has 64 heavy (non-hydrogen) atoms. The average molecular weight is 822 g/mol. The minimum atomic E-state index is 0.742. The van der Waals surface area contributed by atoms with Gasteiger partial charge in [-0.2, -0.15) is 0 Å². The van der Waals surface area contributed by atoms with Crippen LogP contribution in [0.25, 0.3) is 43.7 Å². The molecule has 0 atom stereocenters. The molecule has 11 aromatic rings. The van der Waals surface area contributed by atoms with Gasteiger partial charge in [0.25, 0.3) is 0 Å². The van der Waals surface area contributed by atoms with E-state index in [0.29, 0.717) is 0 Å². The van der Waals surface area contributed by atoms with Gasteiger partial charge in [0.2, 0.25) is 0 Å². The monoisotopic (exact) mass is 821 g/mol. The quantitative estimate of drug-likeness (QED) is 0.142. The van der Waals surface area contributed by atoms with E-state index in [1.165, 1.54) is 0 Å². The summed E-state index contributed by atoms with van der Waals surface area (Å²) < 4.78 is 7.11. The van der Waals surface area contributed by atoms with Crippen molar-refractivity contribution in [2.24, 2.45) is 0 Å². The number of hydrogen-bond acceptors (Lipinski definition) is 6. The summed E-state index contributed by atoms with van der Waals surface area (Å²) in [5, 5.41) is 4.33. The normalized spacial score (nSPS) is 11.8. The molecular formula is C58H39N5O. The van der Waals surface area contributed by atoms with Crippen LogP contribution in [0.3, 0.4) is 0 Å². The van der Waals surface area contributed by atoms with Crippen LogP contribution in [0, 0.1) is 0 Å². The van der Waals surface area contributed by atoms with Crippen LogP contribution in [0.4, 0.5) is 51.2 Å². The van der Waals surface area contributed by atoms with Gasteiger partial charge in [-0.05, 0) is 113 Å². The molecule has 6 nitrogen and oxygen atoms in total. The van der Waals surface area contributed by atoms with Crippen molar-refractivity contribution in [3.63, 3.8) is 0 Å². The number of anilines is 9. The lowest BCUT2D eigenvalue weighted by Gasteiger charge is -2.35. The van der Waals surface area contributed by atoms with E-state index >= 15 is 0 Å². The molecule has 0 saturated carbocycles. The van der Waals surface area contributed by atoms with Crippen molar-refractivity contribution in [2.45, 2.75) is 0 Å². The third-order valence-corrected chi connectivity index (χ3v) is 12.0. The van der Waals surface area contributed by atoms with Crippen molar-refractivity contribution in [2.75, 3.05) is 14.7 Å². The van der Waals surface area contributed by atoms with Gasteiger partial charge in [-0.15, -0.1) is 0 Å². The smallest absolute Gasteiger partial charge is 0.153 e. The van der Waals surface area contributed by atoms with E-state index in [4.69, 9.17) is 14.7 Å². The summed E-state index contributed by atoms with van der Waals surface area (Å²) in [6, 6.07) is 78.9. The van der Waals surface area contributed by atoms with E-state index in [0.717, 1.165) is 106 Å². The van der Waals surface area contributed by atoms with Gasteiger partial charge < -0.3 is 19.4 Å². The zero-order chi connectivity index (χ0) is 42.4. The molecule has 12 rings (SSSR count). The maximum atomic E-state index is 7.11. The maximum absolute atomic E-state index is 7.11. The first-order valence-electron chi connectivity index (χ1n) is 21.5. The first-order valence-corrected chi connectivity index (χ1v) is 21.5. The molecule has 0 radical (unpaired) electrons. The first kappa shape index (κ1) is 37.1. The highest BCUT2D eigenvalue weighted by atomic mass is 16.5. The SMILES string of the molecule is c1ccc(-c2ccc3c4cc(N5c6ccc(N(c7ccccc7)c7ccccc7)cc6Oc6cc(N(c7ccccc7)c7ccccc7)ccc65)ccc4c4nccnc4c3c2)cc1. The van der Waals surface area contributed by atoms with Crippen LogP contribution in [0.15, 0.2) is 237 Å². The van der Waals surface area contributed by atoms with Gasteiger partial charge in [0, 0.05) is 75.1 Å². The Morgan fingerprint density at radius 1 is 0.328 bits per heavy atom. The van der Waals surface area contributed by atoms with Gasteiger partial charge >= 0.3 is 0 Å². The highest BCUT2D eigenvalue weighted by Crippen LogP contribution is 2.54.